The third-order valence-electron chi connectivity index (χ3n) is 2.19. The molecule has 6 nitrogen and oxygen atoms in total. The first-order valence-electron chi connectivity index (χ1n) is 5.52. The summed E-state index contributed by atoms with van der Waals surface area (Å²) in [6.45, 7) is 2.26. The molecule has 0 unspecified atom stereocenters. The Hall–Kier alpha value is -1.47. The van der Waals surface area contributed by atoms with E-state index in [0.717, 1.165) is 6.42 Å². The van der Waals surface area contributed by atoms with Gasteiger partial charge < -0.3 is 9.47 Å². The molecule has 0 aliphatic heterocycles. The maximum atomic E-state index is 11.7. The molecule has 0 atom stereocenters. The molecule has 1 rings (SSSR count). The Kier molecular flexibility index (Phi) is 5.24. The van der Waals surface area contributed by atoms with Crippen molar-refractivity contribution < 1.29 is 17.9 Å². The minimum Gasteiger partial charge on any atom is -0.497 e. The van der Waals surface area contributed by atoms with Crippen molar-refractivity contribution in [3.63, 3.8) is 0 Å². The summed E-state index contributed by atoms with van der Waals surface area (Å²) in [4.78, 5) is 0. The van der Waals surface area contributed by atoms with Crippen LogP contribution in [0.15, 0.2) is 18.2 Å². The highest BCUT2D eigenvalue weighted by Crippen LogP contribution is 2.29. The van der Waals surface area contributed by atoms with Gasteiger partial charge in [-0.1, -0.05) is 6.92 Å². The normalized spacial score (nSPS) is 11.1. The second-order valence-electron chi connectivity index (χ2n) is 3.57. The maximum Gasteiger partial charge on any atom is 0.299 e. The van der Waals surface area contributed by atoms with Gasteiger partial charge >= 0.3 is 0 Å². The molecule has 0 radical (unpaired) electrons. The summed E-state index contributed by atoms with van der Waals surface area (Å²) in [5, 5.41) is 0. The van der Waals surface area contributed by atoms with Crippen LogP contribution in [0.2, 0.25) is 0 Å². The number of rotatable bonds is 7. The van der Waals surface area contributed by atoms with E-state index >= 15 is 0 Å². The number of anilines is 1. The minimum absolute atomic E-state index is 0.334. The largest absolute Gasteiger partial charge is 0.497 e. The van der Waals surface area contributed by atoms with E-state index in [0.29, 0.717) is 23.7 Å². The predicted molar refractivity (Wildman–Crippen MR) is 70.4 cm³/mol. The molecule has 2 N–H and O–H groups in total. The van der Waals surface area contributed by atoms with E-state index in [9.17, 15) is 8.42 Å². The molecular weight excluding hydrogens is 256 g/mol. The van der Waals surface area contributed by atoms with Crippen molar-refractivity contribution in [2.45, 2.75) is 13.3 Å². The molecule has 0 aliphatic carbocycles. The molecule has 0 aliphatic rings. The number of hydrogen-bond acceptors (Lipinski definition) is 4. The van der Waals surface area contributed by atoms with Crippen molar-refractivity contribution in [3.05, 3.63) is 18.2 Å². The van der Waals surface area contributed by atoms with Crippen LogP contribution in [0.25, 0.3) is 0 Å². The third-order valence-corrected chi connectivity index (χ3v) is 3.27. The van der Waals surface area contributed by atoms with Gasteiger partial charge in [0.05, 0.1) is 19.9 Å². The molecule has 0 heterocycles. The molecule has 0 fully saturated rings. The average Bonchev–Trinajstić information content (AvgIpc) is 2.36. The Morgan fingerprint density at radius 1 is 1.22 bits per heavy atom. The molecule has 0 bridgehead atoms. The SMILES string of the molecule is CCCNS(=O)(=O)Nc1cc(OC)ccc1OC. The van der Waals surface area contributed by atoms with Gasteiger partial charge in [-0.2, -0.15) is 13.1 Å². The fourth-order valence-corrected chi connectivity index (χ4v) is 2.31. The van der Waals surface area contributed by atoms with Crippen LogP contribution >= 0.6 is 0 Å². The van der Waals surface area contributed by atoms with Crippen molar-refractivity contribution >= 4 is 15.9 Å². The highest BCUT2D eigenvalue weighted by molar-refractivity contribution is 7.90. The second-order valence-corrected chi connectivity index (χ2v) is 5.07. The van der Waals surface area contributed by atoms with E-state index in [1.165, 1.54) is 14.2 Å². The zero-order valence-corrected chi connectivity index (χ0v) is 11.5. The van der Waals surface area contributed by atoms with E-state index in [4.69, 9.17) is 9.47 Å². The van der Waals surface area contributed by atoms with E-state index in [1.807, 2.05) is 6.92 Å². The van der Waals surface area contributed by atoms with Crippen LogP contribution in [-0.4, -0.2) is 29.2 Å². The van der Waals surface area contributed by atoms with Gasteiger partial charge in [0.15, 0.2) is 0 Å². The van der Waals surface area contributed by atoms with Crippen LogP contribution < -0.4 is 18.9 Å². The van der Waals surface area contributed by atoms with Crippen molar-refractivity contribution in [3.8, 4) is 11.5 Å². The number of nitrogens with one attached hydrogen (secondary N) is 2. The lowest BCUT2D eigenvalue weighted by Crippen LogP contribution is -2.30. The second kappa shape index (κ2) is 6.46. The van der Waals surface area contributed by atoms with Gasteiger partial charge in [0, 0.05) is 12.6 Å². The summed E-state index contributed by atoms with van der Waals surface area (Å²) >= 11 is 0. The molecule has 0 amide bonds. The number of ether oxygens (including phenoxy) is 2. The quantitative estimate of drug-likeness (QED) is 0.787. The van der Waals surface area contributed by atoms with Crippen LogP contribution in [0, 0.1) is 0 Å². The van der Waals surface area contributed by atoms with Gasteiger partial charge in [-0.25, -0.2) is 0 Å². The number of methoxy groups -OCH3 is 2. The summed E-state index contributed by atoms with van der Waals surface area (Å²) in [6.07, 6.45) is 0.718. The Balaban J connectivity index is 2.94. The van der Waals surface area contributed by atoms with Gasteiger partial charge in [0.1, 0.15) is 11.5 Å². The Bertz CT molecular complexity index is 488. The molecule has 0 spiro atoms. The first-order chi connectivity index (χ1) is 8.52. The van der Waals surface area contributed by atoms with Crippen molar-refractivity contribution in [1.29, 1.82) is 0 Å². The van der Waals surface area contributed by atoms with Gasteiger partial charge in [-0.05, 0) is 18.6 Å². The summed E-state index contributed by atoms with van der Waals surface area (Å²) in [6, 6.07) is 4.89. The first-order valence-corrected chi connectivity index (χ1v) is 7.00. The molecule has 0 saturated heterocycles. The monoisotopic (exact) mass is 274 g/mol. The van der Waals surface area contributed by atoms with E-state index in [-0.39, 0.29) is 0 Å². The lowest BCUT2D eigenvalue weighted by Gasteiger charge is -2.13. The van der Waals surface area contributed by atoms with Crippen LogP contribution in [0.1, 0.15) is 13.3 Å². The van der Waals surface area contributed by atoms with Gasteiger partial charge in [-0.15, -0.1) is 0 Å². The third kappa shape index (κ3) is 4.08. The van der Waals surface area contributed by atoms with E-state index in [2.05, 4.69) is 9.44 Å². The molecular formula is C11H18N2O4S. The fourth-order valence-electron chi connectivity index (χ4n) is 1.31. The zero-order chi connectivity index (χ0) is 13.6. The van der Waals surface area contributed by atoms with E-state index < -0.39 is 10.2 Å². The van der Waals surface area contributed by atoms with Crippen LogP contribution in [0.4, 0.5) is 5.69 Å². The molecule has 0 saturated carbocycles. The smallest absolute Gasteiger partial charge is 0.299 e. The Morgan fingerprint density at radius 3 is 2.50 bits per heavy atom. The summed E-state index contributed by atoms with van der Waals surface area (Å²) < 4.78 is 38.4. The van der Waals surface area contributed by atoms with Crippen LogP contribution in [-0.2, 0) is 10.2 Å². The fraction of sp³-hybridized carbons (Fsp3) is 0.455. The summed E-state index contributed by atoms with van der Waals surface area (Å²) in [5.41, 5.74) is 0.334. The Morgan fingerprint density at radius 2 is 1.94 bits per heavy atom. The molecule has 1 aromatic carbocycles. The van der Waals surface area contributed by atoms with Gasteiger partial charge in [0.25, 0.3) is 10.2 Å². The van der Waals surface area contributed by atoms with Gasteiger partial charge in [-0.3, -0.25) is 4.72 Å². The molecule has 18 heavy (non-hydrogen) atoms. The minimum atomic E-state index is -3.59. The summed E-state index contributed by atoms with van der Waals surface area (Å²) in [7, 11) is -0.609. The molecule has 102 valence electrons. The predicted octanol–water partition coefficient (Wildman–Crippen LogP) is 1.36. The van der Waals surface area contributed by atoms with Crippen molar-refractivity contribution in [2.24, 2.45) is 0 Å². The molecule has 0 aromatic heterocycles. The lowest BCUT2D eigenvalue weighted by molar-refractivity contribution is 0.405. The average molecular weight is 274 g/mol. The maximum absolute atomic E-state index is 11.7. The Labute approximate surface area is 107 Å². The lowest BCUT2D eigenvalue weighted by atomic mass is 10.3. The van der Waals surface area contributed by atoms with Gasteiger partial charge in [0.2, 0.25) is 0 Å². The number of hydrogen-bond donors (Lipinski definition) is 2. The number of benzene rings is 1. The van der Waals surface area contributed by atoms with Crippen LogP contribution in [0.3, 0.4) is 0 Å². The first kappa shape index (κ1) is 14.6. The highest BCUT2D eigenvalue weighted by Gasteiger charge is 2.13. The highest BCUT2D eigenvalue weighted by atomic mass is 32.2. The van der Waals surface area contributed by atoms with Crippen molar-refractivity contribution in [1.82, 2.24) is 4.72 Å². The standard InChI is InChI=1S/C11H18N2O4S/c1-4-7-12-18(14,15)13-10-8-9(16-2)5-6-11(10)17-3/h5-6,8,12-13H,4,7H2,1-3H3. The summed E-state index contributed by atoms with van der Waals surface area (Å²) in [5.74, 6) is 0.974. The van der Waals surface area contributed by atoms with Crippen LogP contribution in [0.5, 0.6) is 11.5 Å². The topological polar surface area (TPSA) is 76.7 Å². The van der Waals surface area contributed by atoms with E-state index in [1.54, 1.807) is 18.2 Å². The van der Waals surface area contributed by atoms with Crippen molar-refractivity contribution in [2.75, 3.05) is 25.5 Å². The molecule has 1 aromatic rings. The molecule has 7 heteroatoms. The zero-order valence-electron chi connectivity index (χ0n) is 10.7.